The monoisotopic (exact) mass is 381 g/mol. The number of anilines is 1. The molecule has 0 unspecified atom stereocenters. The van der Waals surface area contributed by atoms with E-state index in [2.05, 4.69) is 57.4 Å². The van der Waals surface area contributed by atoms with E-state index < -0.39 is 0 Å². The van der Waals surface area contributed by atoms with Gasteiger partial charge in [-0.05, 0) is 42.7 Å². The van der Waals surface area contributed by atoms with Gasteiger partial charge in [0.05, 0.1) is 17.0 Å². The molecule has 3 heterocycles. The largest absolute Gasteiger partial charge is 0.494 e. The number of hydrogen-bond acceptors (Lipinski definition) is 5. The van der Waals surface area contributed by atoms with Crippen molar-refractivity contribution in [2.45, 2.75) is 19.8 Å². The highest BCUT2D eigenvalue weighted by atomic mass is 32.1. The van der Waals surface area contributed by atoms with Gasteiger partial charge in [0.1, 0.15) is 11.3 Å². The van der Waals surface area contributed by atoms with Gasteiger partial charge in [-0.25, -0.2) is 0 Å². The van der Waals surface area contributed by atoms with Gasteiger partial charge in [0, 0.05) is 44.3 Å². The summed E-state index contributed by atoms with van der Waals surface area (Å²) in [6, 6.07) is 12.6. The van der Waals surface area contributed by atoms with Crippen LogP contribution in [-0.2, 0) is 6.42 Å². The predicted molar refractivity (Wildman–Crippen MR) is 114 cm³/mol. The summed E-state index contributed by atoms with van der Waals surface area (Å²) in [7, 11) is 0. The fourth-order valence-electron chi connectivity index (χ4n) is 3.59. The average Bonchev–Trinajstić information content (AvgIpc) is 3.16. The summed E-state index contributed by atoms with van der Waals surface area (Å²) in [6.07, 6.45) is 4.03. The molecule has 4 nitrogen and oxygen atoms in total. The van der Waals surface area contributed by atoms with Gasteiger partial charge in [0.15, 0.2) is 0 Å². The number of pyridine rings is 1. The first-order chi connectivity index (χ1) is 13.3. The van der Waals surface area contributed by atoms with Gasteiger partial charge in [-0.2, -0.15) is 0 Å². The summed E-state index contributed by atoms with van der Waals surface area (Å²) in [5.41, 5.74) is 3.81. The maximum absolute atomic E-state index is 5.88. The molecule has 1 fully saturated rings. The van der Waals surface area contributed by atoms with Crippen LogP contribution in [0.3, 0.4) is 0 Å². The maximum Gasteiger partial charge on any atom is 0.119 e. The van der Waals surface area contributed by atoms with Crippen molar-refractivity contribution in [1.82, 2.24) is 9.88 Å². The first-order valence-corrected chi connectivity index (χ1v) is 10.7. The van der Waals surface area contributed by atoms with E-state index in [0.717, 1.165) is 63.4 Å². The number of aryl methyl sites for hydroxylation is 1. The molecule has 1 aromatic carbocycles. The molecule has 3 aromatic rings. The van der Waals surface area contributed by atoms with Crippen molar-refractivity contribution < 1.29 is 4.74 Å². The smallest absolute Gasteiger partial charge is 0.119 e. The van der Waals surface area contributed by atoms with Crippen LogP contribution in [-0.4, -0.2) is 49.2 Å². The Balaban J connectivity index is 1.20. The quantitative estimate of drug-likeness (QED) is 0.565. The fourth-order valence-corrected chi connectivity index (χ4v) is 4.51. The lowest BCUT2D eigenvalue weighted by molar-refractivity contribution is 0.225. The number of ether oxygens (including phenoxy) is 1. The third kappa shape index (κ3) is 4.42. The topological polar surface area (TPSA) is 28.6 Å². The number of piperazine rings is 1. The Labute approximate surface area is 165 Å². The number of hydrogen-bond donors (Lipinski definition) is 0. The zero-order valence-corrected chi connectivity index (χ0v) is 16.8. The first-order valence-electron chi connectivity index (χ1n) is 9.85. The van der Waals surface area contributed by atoms with Crippen LogP contribution < -0.4 is 9.64 Å². The predicted octanol–water partition coefficient (Wildman–Crippen LogP) is 4.45. The van der Waals surface area contributed by atoms with Crippen LogP contribution in [0.5, 0.6) is 5.75 Å². The molecule has 1 aliphatic rings. The average molecular weight is 382 g/mol. The van der Waals surface area contributed by atoms with E-state index in [1.54, 1.807) is 11.3 Å². The third-order valence-electron chi connectivity index (χ3n) is 5.24. The van der Waals surface area contributed by atoms with Gasteiger partial charge < -0.3 is 9.64 Å². The summed E-state index contributed by atoms with van der Waals surface area (Å²) in [5, 5.41) is 2.25. The van der Waals surface area contributed by atoms with Crippen LogP contribution in [0.1, 0.15) is 18.9 Å². The van der Waals surface area contributed by atoms with Crippen molar-refractivity contribution in [1.29, 1.82) is 0 Å². The minimum absolute atomic E-state index is 0.783. The molecule has 0 radical (unpaired) electrons. The number of rotatable bonds is 7. The van der Waals surface area contributed by atoms with Gasteiger partial charge in [-0.1, -0.05) is 19.1 Å². The van der Waals surface area contributed by atoms with Crippen LogP contribution >= 0.6 is 11.3 Å². The third-order valence-corrected chi connectivity index (χ3v) is 6.17. The van der Waals surface area contributed by atoms with Gasteiger partial charge in [-0.3, -0.25) is 9.88 Å². The van der Waals surface area contributed by atoms with Crippen molar-refractivity contribution in [2.75, 3.05) is 44.2 Å². The van der Waals surface area contributed by atoms with Crippen LogP contribution in [0.25, 0.3) is 10.2 Å². The number of nitrogens with zero attached hydrogens (tertiary/aromatic N) is 3. The van der Waals surface area contributed by atoms with E-state index in [1.807, 2.05) is 12.3 Å². The SMILES string of the molecule is CCc1ccc(OCCCN2CCN(c3csc4cccnc34)CC2)cc1. The Bertz CT molecular complexity index is 853. The molecular formula is C22H27N3OS. The van der Waals surface area contributed by atoms with Gasteiger partial charge in [0.25, 0.3) is 0 Å². The van der Waals surface area contributed by atoms with Crippen molar-refractivity contribution >= 4 is 27.2 Å². The van der Waals surface area contributed by atoms with Crippen molar-refractivity contribution in [2.24, 2.45) is 0 Å². The van der Waals surface area contributed by atoms with E-state index in [1.165, 1.54) is 16.0 Å². The number of benzene rings is 1. The zero-order chi connectivity index (χ0) is 18.5. The molecule has 0 amide bonds. The molecule has 1 saturated heterocycles. The normalized spacial score (nSPS) is 15.4. The Morgan fingerprint density at radius 3 is 2.67 bits per heavy atom. The standard InChI is InChI=1S/C22H27N3OS/c1-2-18-6-8-19(9-7-18)26-16-4-11-24-12-14-25(15-13-24)20-17-27-21-5-3-10-23-22(20)21/h3,5-10,17H,2,4,11-16H2,1H3. The second-order valence-electron chi connectivity index (χ2n) is 7.00. The Hall–Kier alpha value is -2.11. The zero-order valence-electron chi connectivity index (χ0n) is 15.9. The lowest BCUT2D eigenvalue weighted by Crippen LogP contribution is -2.46. The maximum atomic E-state index is 5.88. The van der Waals surface area contributed by atoms with E-state index in [0.29, 0.717) is 0 Å². The molecular weight excluding hydrogens is 354 g/mol. The van der Waals surface area contributed by atoms with Crippen molar-refractivity contribution in [3.8, 4) is 5.75 Å². The van der Waals surface area contributed by atoms with Crippen molar-refractivity contribution in [3.05, 3.63) is 53.5 Å². The summed E-state index contributed by atoms with van der Waals surface area (Å²) < 4.78 is 7.16. The molecule has 4 rings (SSSR count). The summed E-state index contributed by atoms with van der Waals surface area (Å²) in [6.45, 7) is 8.41. The molecule has 0 aliphatic carbocycles. The Kier molecular flexibility index (Phi) is 5.90. The number of aromatic nitrogens is 1. The molecule has 142 valence electrons. The second kappa shape index (κ2) is 8.72. The molecule has 0 saturated carbocycles. The molecule has 0 N–H and O–H groups in total. The van der Waals surface area contributed by atoms with Gasteiger partial charge in [0.2, 0.25) is 0 Å². The fraction of sp³-hybridized carbons (Fsp3) is 0.409. The lowest BCUT2D eigenvalue weighted by Gasteiger charge is -2.35. The lowest BCUT2D eigenvalue weighted by atomic mass is 10.2. The minimum atomic E-state index is 0.783. The number of fused-ring (bicyclic) bond motifs is 1. The highest BCUT2D eigenvalue weighted by Crippen LogP contribution is 2.31. The first kappa shape index (κ1) is 18.3. The van der Waals surface area contributed by atoms with Gasteiger partial charge in [-0.15, -0.1) is 11.3 Å². The highest BCUT2D eigenvalue weighted by molar-refractivity contribution is 7.17. The minimum Gasteiger partial charge on any atom is -0.494 e. The van der Waals surface area contributed by atoms with Gasteiger partial charge >= 0.3 is 0 Å². The molecule has 0 spiro atoms. The number of thiophene rings is 1. The molecule has 27 heavy (non-hydrogen) atoms. The molecule has 5 heteroatoms. The summed E-state index contributed by atoms with van der Waals surface area (Å²) in [4.78, 5) is 9.60. The van der Waals surface area contributed by atoms with E-state index in [4.69, 9.17) is 4.74 Å². The molecule has 1 aliphatic heterocycles. The highest BCUT2D eigenvalue weighted by Gasteiger charge is 2.19. The van der Waals surface area contributed by atoms with Crippen molar-refractivity contribution in [3.63, 3.8) is 0 Å². The van der Waals surface area contributed by atoms with E-state index >= 15 is 0 Å². The van der Waals surface area contributed by atoms with E-state index in [-0.39, 0.29) is 0 Å². The second-order valence-corrected chi connectivity index (χ2v) is 7.91. The van der Waals surface area contributed by atoms with Crippen LogP contribution in [0, 0.1) is 0 Å². The van der Waals surface area contributed by atoms with Crippen LogP contribution in [0.4, 0.5) is 5.69 Å². The molecule has 0 bridgehead atoms. The van der Waals surface area contributed by atoms with E-state index in [9.17, 15) is 0 Å². The summed E-state index contributed by atoms with van der Waals surface area (Å²) >= 11 is 1.79. The molecule has 0 atom stereocenters. The molecule has 2 aromatic heterocycles. The van der Waals surface area contributed by atoms with Crippen LogP contribution in [0.15, 0.2) is 48.0 Å². The Morgan fingerprint density at radius 1 is 1.07 bits per heavy atom. The summed E-state index contributed by atoms with van der Waals surface area (Å²) in [5.74, 6) is 0.980. The Morgan fingerprint density at radius 2 is 1.89 bits per heavy atom. The van der Waals surface area contributed by atoms with Crippen LogP contribution in [0.2, 0.25) is 0 Å².